The van der Waals surface area contributed by atoms with E-state index in [1.165, 1.54) is 7.11 Å². The molecule has 0 bridgehead atoms. The molecule has 1 fully saturated rings. The average molecular weight is 276 g/mol. The Morgan fingerprint density at radius 2 is 1.95 bits per heavy atom. The van der Waals surface area contributed by atoms with Crippen LogP contribution in [0, 0.1) is 11.3 Å². The predicted octanol–water partition coefficient (Wildman–Crippen LogP) is 2.83. The lowest BCUT2D eigenvalue weighted by molar-refractivity contribution is -0.172. The van der Waals surface area contributed by atoms with Gasteiger partial charge < -0.3 is 9.84 Å². The summed E-state index contributed by atoms with van der Waals surface area (Å²) in [4.78, 5) is 24.1. The molecule has 1 aromatic carbocycles. The first kappa shape index (κ1) is 14.6. The minimum atomic E-state index is -1.46. The van der Waals surface area contributed by atoms with Crippen molar-refractivity contribution < 1.29 is 19.4 Å². The number of rotatable bonds is 3. The Hall–Kier alpha value is -1.84. The minimum Gasteiger partial charge on any atom is -0.480 e. The van der Waals surface area contributed by atoms with Crippen LogP contribution in [0.25, 0.3) is 0 Å². The van der Waals surface area contributed by atoms with Crippen LogP contribution in [0.4, 0.5) is 0 Å². The molecule has 4 nitrogen and oxygen atoms in total. The summed E-state index contributed by atoms with van der Waals surface area (Å²) in [5, 5.41) is 9.71. The van der Waals surface area contributed by atoms with Gasteiger partial charge in [0.05, 0.1) is 7.11 Å². The Kier molecular flexibility index (Phi) is 4.12. The first-order chi connectivity index (χ1) is 9.52. The highest BCUT2D eigenvalue weighted by molar-refractivity contribution is 6.00. The molecule has 1 N–H and O–H groups in total. The zero-order valence-corrected chi connectivity index (χ0v) is 11.8. The van der Waals surface area contributed by atoms with Gasteiger partial charge in [0.15, 0.2) is 5.41 Å². The van der Waals surface area contributed by atoms with E-state index >= 15 is 0 Å². The molecule has 0 spiro atoms. The minimum absolute atomic E-state index is 0.329. The Morgan fingerprint density at radius 3 is 2.50 bits per heavy atom. The molecule has 3 unspecified atom stereocenters. The summed E-state index contributed by atoms with van der Waals surface area (Å²) in [7, 11) is 1.26. The number of carbonyl (C=O) groups is 2. The van der Waals surface area contributed by atoms with Crippen molar-refractivity contribution in [3.05, 3.63) is 35.9 Å². The number of methoxy groups -OCH3 is 1. The van der Waals surface area contributed by atoms with Crippen LogP contribution in [0.3, 0.4) is 0 Å². The quantitative estimate of drug-likeness (QED) is 0.681. The Balaban J connectivity index is 2.51. The highest BCUT2D eigenvalue weighted by atomic mass is 16.5. The molecular formula is C16H20O4. The smallest absolute Gasteiger partial charge is 0.323 e. The van der Waals surface area contributed by atoms with Gasteiger partial charge in [-0.25, -0.2) is 0 Å². The third kappa shape index (κ3) is 2.30. The molecule has 3 atom stereocenters. The molecule has 1 aliphatic carbocycles. The Labute approximate surface area is 118 Å². The fourth-order valence-corrected chi connectivity index (χ4v) is 3.25. The highest BCUT2D eigenvalue weighted by Crippen LogP contribution is 2.50. The second-order valence-electron chi connectivity index (χ2n) is 5.61. The number of hydrogen-bond acceptors (Lipinski definition) is 3. The highest BCUT2D eigenvalue weighted by Gasteiger charge is 2.56. The van der Waals surface area contributed by atoms with Crippen LogP contribution < -0.4 is 0 Å². The Bertz CT molecular complexity index is 496. The van der Waals surface area contributed by atoms with E-state index in [9.17, 15) is 14.7 Å². The van der Waals surface area contributed by atoms with Crippen molar-refractivity contribution in [3.63, 3.8) is 0 Å². The SMILES string of the molecule is COC(=O)C1(C(=O)O)CCC(C)CC1c1ccccc1. The molecule has 0 aromatic heterocycles. The summed E-state index contributed by atoms with van der Waals surface area (Å²) in [6.07, 6.45) is 1.74. The molecule has 0 amide bonds. The third-order valence-electron chi connectivity index (χ3n) is 4.40. The third-order valence-corrected chi connectivity index (χ3v) is 4.40. The maximum atomic E-state index is 12.2. The van der Waals surface area contributed by atoms with Crippen LogP contribution in [-0.2, 0) is 14.3 Å². The number of benzene rings is 1. The molecular weight excluding hydrogens is 256 g/mol. The molecule has 0 saturated heterocycles. The molecule has 20 heavy (non-hydrogen) atoms. The van der Waals surface area contributed by atoms with Gasteiger partial charge >= 0.3 is 11.9 Å². The van der Waals surface area contributed by atoms with Crippen LogP contribution in [-0.4, -0.2) is 24.2 Å². The zero-order chi connectivity index (χ0) is 14.8. The first-order valence-electron chi connectivity index (χ1n) is 6.89. The van der Waals surface area contributed by atoms with E-state index in [-0.39, 0.29) is 5.92 Å². The molecule has 0 radical (unpaired) electrons. The van der Waals surface area contributed by atoms with Crippen LogP contribution >= 0.6 is 0 Å². The van der Waals surface area contributed by atoms with Gasteiger partial charge in [-0.15, -0.1) is 0 Å². The Morgan fingerprint density at radius 1 is 1.30 bits per heavy atom. The van der Waals surface area contributed by atoms with Crippen molar-refractivity contribution in [3.8, 4) is 0 Å². The maximum absolute atomic E-state index is 12.2. The van der Waals surface area contributed by atoms with Gasteiger partial charge in [0.25, 0.3) is 0 Å². The van der Waals surface area contributed by atoms with Crippen molar-refractivity contribution in [2.75, 3.05) is 7.11 Å². The van der Waals surface area contributed by atoms with E-state index in [4.69, 9.17) is 4.74 Å². The summed E-state index contributed by atoms with van der Waals surface area (Å²) in [5.41, 5.74) is -0.561. The first-order valence-corrected chi connectivity index (χ1v) is 6.89. The molecule has 2 rings (SSSR count). The summed E-state index contributed by atoms with van der Waals surface area (Å²) in [6, 6.07) is 9.42. The van der Waals surface area contributed by atoms with Crippen molar-refractivity contribution in [1.29, 1.82) is 0 Å². The van der Waals surface area contributed by atoms with Gasteiger partial charge in [-0.05, 0) is 30.7 Å². The van der Waals surface area contributed by atoms with Gasteiger partial charge in [-0.3, -0.25) is 9.59 Å². The normalized spacial score (nSPS) is 29.7. The lowest BCUT2D eigenvalue weighted by Crippen LogP contribution is -2.48. The standard InChI is InChI=1S/C16H20O4/c1-11-8-9-16(14(17)18,15(19)20-2)13(10-11)12-6-4-3-5-7-12/h3-7,11,13H,8-10H2,1-2H3,(H,17,18). The van der Waals surface area contributed by atoms with Crippen molar-refractivity contribution in [2.45, 2.75) is 32.1 Å². The molecule has 1 aliphatic rings. The van der Waals surface area contributed by atoms with Crippen molar-refractivity contribution in [2.24, 2.45) is 11.3 Å². The number of carboxylic acid groups (broad SMARTS) is 1. The molecule has 1 aromatic rings. The van der Waals surface area contributed by atoms with E-state index in [1.54, 1.807) is 0 Å². The van der Waals surface area contributed by atoms with E-state index < -0.39 is 17.4 Å². The molecule has 1 saturated carbocycles. The average Bonchev–Trinajstić information content (AvgIpc) is 2.47. The van der Waals surface area contributed by atoms with Crippen molar-refractivity contribution >= 4 is 11.9 Å². The second kappa shape index (κ2) is 5.65. The van der Waals surface area contributed by atoms with Gasteiger partial charge in [0, 0.05) is 5.92 Å². The fraction of sp³-hybridized carbons (Fsp3) is 0.500. The molecule has 4 heteroatoms. The van der Waals surface area contributed by atoms with E-state index in [1.807, 2.05) is 30.3 Å². The van der Waals surface area contributed by atoms with Gasteiger partial charge in [0.1, 0.15) is 0 Å². The summed E-state index contributed by atoms with van der Waals surface area (Å²) >= 11 is 0. The lowest BCUT2D eigenvalue weighted by Gasteiger charge is -2.41. The molecule has 108 valence electrons. The zero-order valence-electron chi connectivity index (χ0n) is 11.8. The van der Waals surface area contributed by atoms with Crippen LogP contribution in [0.1, 0.15) is 37.7 Å². The summed E-state index contributed by atoms with van der Waals surface area (Å²) in [5.74, 6) is -1.65. The number of ether oxygens (including phenoxy) is 1. The predicted molar refractivity (Wildman–Crippen MR) is 74.3 cm³/mol. The number of carbonyl (C=O) groups excluding carboxylic acids is 1. The number of hydrogen-bond donors (Lipinski definition) is 1. The number of aliphatic carboxylic acids is 1. The molecule has 0 aliphatic heterocycles. The number of esters is 1. The monoisotopic (exact) mass is 276 g/mol. The lowest BCUT2D eigenvalue weighted by atomic mass is 9.61. The van der Waals surface area contributed by atoms with Crippen molar-refractivity contribution in [1.82, 2.24) is 0 Å². The van der Waals surface area contributed by atoms with Gasteiger partial charge in [0.2, 0.25) is 0 Å². The van der Waals surface area contributed by atoms with Crippen LogP contribution in [0.15, 0.2) is 30.3 Å². The van der Waals surface area contributed by atoms with E-state index in [2.05, 4.69) is 6.92 Å². The summed E-state index contributed by atoms with van der Waals surface area (Å²) < 4.78 is 4.82. The fourth-order valence-electron chi connectivity index (χ4n) is 3.25. The maximum Gasteiger partial charge on any atom is 0.323 e. The van der Waals surface area contributed by atoms with Crippen LogP contribution in [0.5, 0.6) is 0 Å². The summed E-state index contributed by atoms with van der Waals surface area (Å²) in [6.45, 7) is 2.10. The van der Waals surface area contributed by atoms with Gasteiger partial charge in [-0.1, -0.05) is 37.3 Å². The van der Waals surface area contributed by atoms with E-state index in [0.29, 0.717) is 18.8 Å². The second-order valence-corrected chi connectivity index (χ2v) is 5.61. The van der Waals surface area contributed by atoms with Crippen LogP contribution in [0.2, 0.25) is 0 Å². The number of carboxylic acids is 1. The topological polar surface area (TPSA) is 63.6 Å². The molecule has 0 heterocycles. The van der Waals surface area contributed by atoms with E-state index in [0.717, 1.165) is 12.0 Å². The van der Waals surface area contributed by atoms with Gasteiger partial charge in [-0.2, -0.15) is 0 Å². The largest absolute Gasteiger partial charge is 0.480 e.